The van der Waals surface area contributed by atoms with Crippen LogP contribution in [-0.4, -0.2) is 33.5 Å². The van der Waals surface area contributed by atoms with Crippen molar-refractivity contribution in [3.63, 3.8) is 0 Å². The van der Waals surface area contributed by atoms with Gasteiger partial charge in [-0.3, -0.25) is 9.48 Å². The molecule has 1 aliphatic heterocycles. The van der Waals surface area contributed by atoms with Gasteiger partial charge in [-0.15, -0.1) is 0 Å². The number of ether oxygens (including phenoxy) is 1. The van der Waals surface area contributed by atoms with Gasteiger partial charge in [0.15, 0.2) is 0 Å². The molecule has 2 N–H and O–H groups in total. The second-order valence-corrected chi connectivity index (χ2v) is 5.56. The van der Waals surface area contributed by atoms with E-state index in [0.29, 0.717) is 12.2 Å². The lowest BCUT2D eigenvalue weighted by atomic mass is 10.1. The number of aromatic hydroxyl groups is 1. The molecule has 1 aliphatic rings. The molecule has 0 unspecified atom stereocenters. The summed E-state index contributed by atoms with van der Waals surface area (Å²) in [6, 6.07) is 4.93. The Morgan fingerprint density at radius 3 is 3.18 bits per heavy atom. The molecule has 6 heteroatoms. The zero-order chi connectivity index (χ0) is 15.5. The van der Waals surface area contributed by atoms with Crippen molar-refractivity contribution < 1.29 is 14.6 Å². The summed E-state index contributed by atoms with van der Waals surface area (Å²) in [5.41, 5.74) is 1.77. The SMILES string of the molecule is Cc1ccc(O)c(C(=O)Nc2cnn(C[C@H]3CCCO3)c2)c1. The molecule has 1 aromatic heterocycles. The smallest absolute Gasteiger partial charge is 0.259 e. The molecule has 1 fully saturated rings. The Bertz CT molecular complexity index is 675. The van der Waals surface area contributed by atoms with E-state index in [9.17, 15) is 9.90 Å². The molecule has 2 aromatic rings. The van der Waals surface area contributed by atoms with Crippen molar-refractivity contribution in [2.24, 2.45) is 0 Å². The number of phenols is 1. The predicted molar refractivity (Wildman–Crippen MR) is 82.0 cm³/mol. The molecule has 0 spiro atoms. The first-order valence-electron chi connectivity index (χ1n) is 7.37. The van der Waals surface area contributed by atoms with Crippen molar-refractivity contribution in [3.8, 4) is 5.75 Å². The molecule has 2 heterocycles. The highest BCUT2D eigenvalue weighted by Gasteiger charge is 2.17. The average molecular weight is 301 g/mol. The standard InChI is InChI=1S/C16H19N3O3/c1-11-4-5-15(20)14(7-11)16(21)18-12-8-17-19(9-12)10-13-3-2-6-22-13/h4-5,7-9,13,20H,2-3,6,10H2,1H3,(H,18,21)/t13-/m1/s1. The van der Waals surface area contributed by atoms with Crippen LogP contribution >= 0.6 is 0 Å². The third kappa shape index (κ3) is 3.28. The van der Waals surface area contributed by atoms with E-state index >= 15 is 0 Å². The van der Waals surface area contributed by atoms with Crippen molar-refractivity contribution >= 4 is 11.6 Å². The summed E-state index contributed by atoms with van der Waals surface area (Å²) in [5, 5.41) is 16.8. The first kappa shape index (κ1) is 14.6. The summed E-state index contributed by atoms with van der Waals surface area (Å²) in [6.45, 7) is 3.36. The number of hydrogen-bond acceptors (Lipinski definition) is 4. The van der Waals surface area contributed by atoms with Gasteiger partial charge in [0.2, 0.25) is 0 Å². The zero-order valence-electron chi connectivity index (χ0n) is 12.5. The van der Waals surface area contributed by atoms with Crippen LogP contribution in [0.3, 0.4) is 0 Å². The maximum atomic E-state index is 12.2. The average Bonchev–Trinajstić information content (AvgIpc) is 3.14. The number of hydrogen-bond donors (Lipinski definition) is 2. The normalized spacial score (nSPS) is 17.6. The van der Waals surface area contributed by atoms with E-state index in [2.05, 4.69) is 10.4 Å². The molecule has 116 valence electrons. The minimum Gasteiger partial charge on any atom is -0.507 e. The Morgan fingerprint density at radius 1 is 1.55 bits per heavy atom. The Hall–Kier alpha value is -2.34. The largest absolute Gasteiger partial charge is 0.507 e. The Labute approximate surface area is 128 Å². The number of amides is 1. The van der Waals surface area contributed by atoms with Crippen LogP contribution < -0.4 is 5.32 Å². The van der Waals surface area contributed by atoms with Gasteiger partial charge in [-0.25, -0.2) is 0 Å². The number of aryl methyl sites for hydroxylation is 1. The van der Waals surface area contributed by atoms with E-state index in [1.165, 1.54) is 6.07 Å². The van der Waals surface area contributed by atoms with Crippen LogP contribution in [0.2, 0.25) is 0 Å². The molecule has 22 heavy (non-hydrogen) atoms. The summed E-state index contributed by atoms with van der Waals surface area (Å²) in [5.74, 6) is -0.382. The third-order valence-electron chi connectivity index (χ3n) is 3.70. The second kappa shape index (κ2) is 6.19. The topological polar surface area (TPSA) is 76.4 Å². The van der Waals surface area contributed by atoms with Crippen molar-refractivity contribution in [1.29, 1.82) is 0 Å². The minimum atomic E-state index is -0.349. The highest BCUT2D eigenvalue weighted by Crippen LogP contribution is 2.20. The highest BCUT2D eigenvalue weighted by atomic mass is 16.5. The van der Waals surface area contributed by atoms with E-state index in [-0.39, 0.29) is 23.3 Å². The molecule has 0 saturated carbocycles. The second-order valence-electron chi connectivity index (χ2n) is 5.56. The molecule has 1 saturated heterocycles. The first-order valence-corrected chi connectivity index (χ1v) is 7.37. The summed E-state index contributed by atoms with van der Waals surface area (Å²) in [4.78, 5) is 12.2. The van der Waals surface area contributed by atoms with Crippen molar-refractivity contribution in [3.05, 3.63) is 41.7 Å². The van der Waals surface area contributed by atoms with Crippen LogP contribution in [0.1, 0.15) is 28.8 Å². The summed E-state index contributed by atoms with van der Waals surface area (Å²) >= 11 is 0. The molecule has 1 atom stereocenters. The molecule has 6 nitrogen and oxygen atoms in total. The number of carbonyl (C=O) groups is 1. The van der Waals surface area contributed by atoms with E-state index in [1.54, 1.807) is 29.2 Å². The van der Waals surface area contributed by atoms with Gasteiger partial charge in [0.05, 0.1) is 30.1 Å². The number of carbonyl (C=O) groups excluding carboxylic acids is 1. The monoisotopic (exact) mass is 301 g/mol. The van der Waals surface area contributed by atoms with Crippen LogP contribution in [-0.2, 0) is 11.3 Å². The maximum Gasteiger partial charge on any atom is 0.259 e. The van der Waals surface area contributed by atoms with E-state index in [4.69, 9.17) is 4.74 Å². The molecular formula is C16H19N3O3. The fourth-order valence-electron chi connectivity index (χ4n) is 2.56. The van der Waals surface area contributed by atoms with Crippen LogP contribution in [0, 0.1) is 6.92 Å². The number of benzene rings is 1. The zero-order valence-corrected chi connectivity index (χ0v) is 12.5. The summed E-state index contributed by atoms with van der Waals surface area (Å²) in [6.07, 6.45) is 5.69. The Balaban J connectivity index is 1.66. The fraction of sp³-hybridized carbons (Fsp3) is 0.375. The van der Waals surface area contributed by atoms with Crippen molar-refractivity contribution in [1.82, 2.24) is 9.78 Å². The molecule has 0 aliphatic carbocycles. The minimum absolute atomic E-state index is 0.0325. The van der Waals surface area contributed by atoms with Gasteiger partial charge in [0.1, 0.15) is 5.75 Å². The number of aromatic nitrogens is 2. The molecule has 0 bridgehead atoms. The Kier molecular flexibility index (Phi) is 4.11. The quantitative estimate of drug-likeness (QED) is 0.908. The predicted octanol–water partition coefficient (Wildman–Crippen LogP) is 2.33. The maximum absolute atomic E-state index is 12.2. The van der Waals surface area contributed by atoms with Gasteiger partial charge in [-0.05, 0) is 31.9 Å². The molecule has 3 rings (SSSR count). The van der Waals surface area contributed by atoms with Crippen LogP contribution in [0.15, 0.2) is 30.6 Å². The Morgan fingerprint density at radius 2 is 2.41 bits per heavy atom. The van der Waals surface area contributed by atoms with Gasteiger partial charge in [0, 0.05) is 12.8 Å². The van der Waals surface area contributed by atoms with E-state index < -0.39 is 0 Å². The molecular weight excluding hydrogens is 282 g/mol. The number of rotatable bonds is 4. The van der Waals surface area contributed by atoms with E-state index in [1.807, 2.05) is 6.92 Å². The van der Waals surface area contributed by atoms with Gasteiger partial charge in [-0.1, -0.05) is 11.6 Å². The lowest BCUT2D eigenvalue weighted by Crippen LogP contribution is -2.15. The molecule has 0 radical (unpaired) electrons. The van der Waals surface area contributed by atoms with Crippen molar-refractivity contribution in [2.45, 2.75) is 32.4 Å². The van der Waals surface area contributed by atoms with Crippen LogP contribution in [0.25, 0.3) is 0 Å². The lowest BCUT2D eigenvalue weighted by Gasteiger charge is -2.08. The van der Waals surface area contributed by atoms with Gasteiger partial charge >= 0.3 is 0 Å². The third-order valence-corrected chi connectivity index (χ3v) is 3.70. The number of anilines is 1. The van der Waals surface area contributed by atoms with Gasteiger partial charge < -0.3 is 15.2 Å². The number of nitrogens with zero attached hydrogens (tertiary/aromatic N) is 2. The number of nitrogens with one attached hydrogen (secondary N) is 1. The molecule has 1 aromatic carbocycles. The van der Waals surface area contributed by atoms with Gasteiger partial charge in [-0.2, -0.15) is 5.10 Å². The highest BCUT2D eigenvalue weighted by molar-refractivity contribution is 6.06. The summed E-state index contributed by atoms with van der Waals surface area (Å²) in [7, 11) is 0. The molecule has 1 amide bonds. The lowest BCUT2D eigenvalue weighted by molar-refractivity contribution is 0.0940. The summed E-state index contributed by atoms with van der Waals surface area (Å²) < 4.78 is 7.33. The fourth-order valence-corrected chi connectivity index (χ4v) is 2.56. The van der Waals surface area contributed by atoms with Crippen molar-refractivity contribution in [2.75, 3.05) is 11.9 Å². The van der Waals surface area contributed by atoms with Crippen LogP contribution in [0.4, 0.5) is 5.69 Å². The van der Waals surface area contributed by atoms with Crippen LogP contribution in [0.5, 0.6) is 5.75 Å². The van der Waals surface area contributed by atoms with Gasteiger partial charge in [0.25, 0.3) is 5.91 Å². The first-order chi connectivity index (χ1) is 10.6. The number of phenolic OH excluding ortho intramolecular Hbond substituents is 1. The van der Waals surface area contributed by atoms with E-state index in [0.717, 1.165) is 25.0 Å².